The molecule has 0 radical (unpaired) electrons. The first-order chi connectivity index (χ1) is 12.7. The molecule has 4 nitrogen and oxygen atoms in total. The molecule has 26 heavy (non-hydrogen) atoms. The van der Waals surface area contributed by atoms with Gasteiger partial charge in [-0.15, -0.1) is 0 Å². The lowest BCUT2D eigenvalue weighted by atomic mass is 10.0. The van der Waals surface area contributed by atoms with E-state index in [0.717, 1.165) is 24.2 Å². The Morgan fingerprint density at radius 2 is 1.88 bits per heavy atom. The van der Waals surface area contributed by atoms with Crippen molar-refractivity contribution in [3.63, 3.8) is 0 Å². The highest BCUT2D eigenvalue weighted by atomic mass is 19.1. The van der Waals surface area contributed by atoms with Crippen LogP contribution in [-0.4, -0.2) is 19.1 Å². The summed E-state index contributed by atoms with van der Waals surface area (Å²) in [5.74, 6) is 0.713. The highest BCUT2D eigenvalue weighted by molar-refractivity contribution is 5.94. The predicted octanol–water partition coefficient (Wildman–Crippen LogP) is 4.61. The number of amides is 1. The summed E-state index contributed by atoms with van der Waals surface area (Å²) in [6, 6.07) is 13.5. The van der Waals surface area contributed by atoms with E-state index in [4.69, 9.17) is 4.74 Å². The van der Waals surface area contributed by atoms with E-state index >= 15 is 0 Å². The van der Waals surface area contributed by atoms with Crippen LogP contribution in [-0.2, 0) is 4.79 Å². The van der Waals surface area contributed by atoms with Gasteiger partial charge in [0.05, 0.1) is 11.4 Å². The van der Waals surface area contributed by atoms with Crippen LogP contribution in [0.3, 0.4) is 0 Å². The number of rotatable bonds is 8. The van der Waals surface area contributed by atoms with E-state index in [0.29, 0.717) is 31.2 Å². The number of nitrogens with one attached hydrogen (secondary N) is 2. The van der Waals surface area contributed by atoms with E-state index in [9.17, 15) is 9.18 Å². The van der Waals surface area contributed by atoms with E-state index in [1.807, 2.05) is 24.3 Å². The van der Waals surface area contributed by atoms with Gasteiger partial charge < -0.3 is 15.4 Å². The minimum atomic E-state index is -0.284. The highest BCUT2D eigenvalue weighted by Crippen LogP contribution is 2.24. The molecule has 1 unspecified atom stereocenters. The third-order valence-electron chi connectivity index (χ3n) is 4.26. The Morgan fingerprint density at radius 1 is 1.12 bits per heavy atom. The van der Waals surface area contributed by atoms with E-state index in [1.165, 1.54) is 12.1 Å². The lowest BCUT2D eigenvalue weighted by Crippen LogP contribution is -2.17. The number of para-hydroxylation sites is 2. The average Bonchev–Trinajstić information content (AvgIpc) is 3.14. The molecule has 5 heteroatoms. The standard InChI is InChI=1S/C21H23FN2O2/c22-17-9-11-18(12-10-17)26-14-13-23-19-7-3-4-8-20(19)24-21(25)15-16-5-1-2-6-16/h1,3-5,7-12,16,23H,2,6,13-15H2,(H,24,25). The molecular formula is C21H23FN2O2. The number of benzene rings is 2. The first-order valence-corrected chi connectivity index (χ1v) is 8.88. The smallest absolute Gasteiger partial charge is 0.225 e. The predicted molar refractivity (Wildman–Crippen MR) is 102 cm³/mol. The van der Waals surface area contributed by atoms with Gasteiger partial charge >= 0.3 is 0 Å². The van der Waals surface area contributed by atoms with Crippen molar-refractivity contribution in [2.24, 2.45) is 5.92 Å². The molecule has 1 aliphatic rings. The zero-order valence-electron chi connectivity index (χ0n) is 14.6. The molecule has 0 saturated carbocycles. The second-order valence-corrected chi connectivity index (χ2v) is 6.29. The van der Waals surface area contributed by atoms with Gasteiger partial charge in [-0.3, -0.25) is 4.79 Å². The number of carbonyl (C=O) groups is 1. The molecule has 1 amide bonds. The van der Waals surface area contributed by atoms with Crippen LogP contribution >= 0.6 is 0 Å². The van der Waals surface area contributed by atoms with Gasteiger partial charge in [0.2, 0.25) is 5.91 Å². The van der Waals surface area contributed by atoms with Crippen LogP contribution in [0.2, 0.25) is 0 Å². The summed E-state index contributed by atoms with van der Waals surface area (Å²) < 4.78 is 18.4. The number of ether oxygens (including phenoxy) is 1. The van der Waals surface area contributed by atoms with Gasteiger partial charge in [0.1, 0.15) is 18.2 Å². The molecule has 3 rings (SSSR count). The summed E-state index contributed by atoms with van der Waals surface area (Å²) >= 11 is 0. The fraction of sp³-hybridized carbons (Fsp3) is 0.286. The number of hydrogen-bond acceptors (Lipinski definition) is 3. The maximum Gasteiger partial charge on any atom is 0.225 e. The van der Waals surface area contributed by atoms with Crippen LogP contribution in [0.1, 0.15) is 19.3 Å². The molecule has 1 aliphatic carbocycles. The summed E-state index contributed by atoms with van der Waals surface area (Å²) in [6.45, 7) is 0.996. The zero-order chi connectivity index (χ0) is 18.2. The number of allylic oxidation sites excluding steroid dienone is 2. The molecule has 0 fully saturated rings. The Kier molecular flexibility index (Phi) is 6.25. The fourth-order valence-electron chi connectivity index (χ4n) is 2.94. The monoisotopic (exact) mass is 354 g/mol. The number of halogens is 1. The lowest BCUT2D eigenvalue weighted by Gasteiger charge is -2.14. The Bertz CT molecular complexity index is 759. The number of anilines is 2. The fourth-order valence-corrected chi connectivity index (χ4v) is 2.94. The summed E-state index contributed by atoms with van der Waals surface area (Å²) in [6.07, 6.45) is 6.88. The molecule has 0 spiro atoms. The van der Waals surface area contributed by atoms with Gasteiger partial charge in [0.15, 0.2) is 0 Å². The van der Waals surface area contributed by atoms with Gasteiger partial charge in [-0.25, -0.2) is 4.39 Å². The minimum absolute atomic E-state index is 0.0263. The van der Waals surface area contributed by atoms with E-state index in [2.05, 4.69) is 22.8 Å². The van der Waals surface area contributed by atoms with Gasteiger partial charge in [0.25, 0.3) is 0 Å². The molecule has 0 heterocycles. The molecule has 2 aromatic rings. The van der Waals surface area contributed by atoms with Gasteiger partial charge in [-0.2, -0.15) is 0 Å². The SMILES string of the molecule is O=C(CC1C=CCC1)Nc1ccccc1NCCOc1ccc(F)cc1. The van der Waals surface area contributed by atoms with Crippen LogP contribution in [0.4, 0.5) is 15.8 Å². The maximum atomic E-state index is 12.9. The summed E-state index contributed by atoms with van der Waals surface area (Å²) in [5.41, 5.74) is 1.62. The molecular weight excluding hydrogens is 331 g/mol. The molecule has 0 bridgehead atoms. The van der Waals surface area contributed by atoms with Crippen molar-refractivity contribution in [3.8, 4) is 5.75 Å². The van der Waals surface area contributed by atoms with E-state index < -0.39 is 0 Å². The molecule has 2 aromatic carbocycles. The molecule has 2 N–H and O–H groups in total. The average molecular weight is 354 g/mol. The van der Waals surface area contributed by atoms with Crippen molar-refractivity contribution in [2.75, 3.05) is 23.8 Å². The van der Waals surface area contributed by atoms with Gasteiger partial charge in [-0.1, -0.05) is 24.3 Å². The summed E-state index contributed by atoms with van der Waals surface area (Å²) in [7, 11) is 0. The second-order valence-electron chi connectivity index (χ2n) is 6.29. The molecule has 136 valence electrons. The summed E-state index contributed by atoms with van der Waals surface area (Å²) in [4.78, 5) is 12.2. The van der Waals surface area contributed by atoms with Crippen LogP contribution in [0.15, 0.2) is 60.7 Å². The summed E-state index contributed by atoms with van der Waals surface area (Å²) in [5, 5.41) is 6.25. The van der Waals surface area contributed by atoms with Crippen molar-refractivity contribution in [3.05, 3.63) is 66.5 Å². The molecule has 0 aliphatic heterocycles. The van der Waals surface area contributed by atoms with E-state index in [-0.39, 0.29) is 11.7 Å². The number of carbonyl (C=O) groups excluding carboxylic acids is 1. The topological polar surface area (TPSA) is 50.4 Å². The van der Waals surface area contributed by atoms with Gasteiger partial charge in [0, 0.05) is 13.0 Å². The Balaban J connectivity index is 1.47. The Labute approximate surface area is 153 Å². The van der Waals surface area contributed by atoms with Crippen molar-refractivity contribution >= 4 is 17.3 Å². The maximum absolute atomic E-state index is 12.9. The number of hydrogen-bond donors (Lipinski definition) is 2. The minimum Gasteiger partial charge on any atom is -0.492 e. The first-order valence-electron chi connectivity index (χ1n) is 8.88. The van der Waals surface area contributed by atoms with Crippen LogP contribution in [0.25, 0.3) is 0 Å². The lowest BCUT2D eigenvalue weighted by molar-refractivity contribution is -0.116. The van der Waals surface area contributed by atoms with Crippen LogP contribution < -0.4 is 15.4 Å². The van der Waals surface area contributed by atoms with Crippen molar-refractivity contribution < 1.29 is 13.9 Å². The quantitative estimate of drug-likeness (QED) is 0.538. The highest BCUT2D eigenvalue weighted by Gasteiger charge is 2.14. The Hall–Kier alpha value is -2.82. The normalized spacial score (nSPS) is 15.7. The molecule has 1 atom stereocenters. The zero-order valence-corrected chi connectivity index (χ0v) is 14.6. The van der Waals surface area contributed by atoms with Crippen molar-refractivity contribution in [2.45, 2.75) is 19.3 Å². The third-order valence-corrected chi connectivity index (χ3v) is 4.26. The van der Waals surface area contributed by atoms with Crippen LogP contribution in [0, 0.1) is 11.7 Å². The third kappa shape index (κ3) is 5.34. The molecule has 0 saturated heterocycles. The second kappa shape index (κ2) is 9.04. The molecule has 0 aromatic heterocycles. The van der Waals surface area contributed by atoms with Crippen molar-refractivity contribution in [1.82, 2.24) is 0 Å². The van der Waals surface area contributed by atoms with Crippen molar-refractivity contribution in [1.29, 1.82) is 0 Å². The first kappa shape index (κ1) is 18.0. The van der Waals surface area contributed by atoms with Crippen LogP contribution in [0.5, 0.6) is 5.75 Å². The largest absolute Gasteiger partial charge is 0.492 e. The Morgan fingerprint density at radius 3 is 2.62 bits per heavy atom. The van der Waals surface area contributed by atoms with E-state index in [1.54, 1.807) is 12.1 Å². The van der Waals surface area contributed by atoms with Gasteiger partial charge in [-0.05, 0) is 55.2 Å².